The van der Waals surface area contributed by atoms with Crippen LogP contribution in [0.25, 0.3) is 0 Å². The van der Waals surface area contributed by atoms with E-state index >= 15 is 0 Å². The third-order valence-corrected chi connectivity index (χ3v) is 8.99. The van der Waals surface area contributed by atoms with Gasteiger partial charge in [-0.1, -0.05) is 6.92 Å². The van der Waals surface area contributed by atoms with Gasteiger partial charge in [0.05, 0.1) is 16.9 Å². The molecule has 1 aromatic rings. The van der Waals surface area contributed by atoms with Crippen LogP contribution < -0.4 is 9.46 Å². The van der Waals surface area contributed by atoms with Crippen LogP contribution in [0.5, 0.6) is 5.75 Å². The smallest absolute Gasteiger partial charge is 0.240 e. The van der Waals surface area contributed by atoms with Crippen molar-refractivity contribution >= 4 is 29.9 Å². The fourth-order valence-electron chi connectivity index (χ4n) is 2.74. The third-order valence-electron chi connectivity index (χ3n) is 4.48. The molecule has 0 spiro atoms. The molecule has 1 aliphatic rings. The standard InChI is InChI=1S/C16H26N2O7S3/c1-3-27(21,22)13-12-25-15-4-6-16(7-5-15)28(23,24)17-14-8-10-18(11-9-14)26(2,19)20/h4-7,14,17H,3,8-13H2,1-2H3. The van der Waals surface area contributed by atoms with Crippen molar-refractivity contribution in [2.24, 2.45) is 0 Å². The summed E-state index contributed by atoms with van der Waals surface area (Å²) in [7, 11) is -10.1. The van der Waals surface area contributed by atoms with Crippen molar-refractivity contribution in [3.63, 3.8) is 0 Å². The van der Waals surface area contributed by atoms with E-state index in [0.717, 1.165) is 6.26 Å². The lowest BCUT2D eigenvalue weighted by atomic mass is 10.1. The highest BCUT2D eigenvalue weighted by Gasteiger charge is 2.28. The van der Waals surface area contributed by atoms with Gasteiger partial charge in [-0.05, 0) is 37.1 Å². The number of hydrogen-bond donors (Lipinski definition) is 1. The molecule has 160 valence electrons. The zero-order valence-corrected chi connectivity index (χ0v) is 18.3. The van der Waals surface area contributed by atoms with Crippen molar-refractivity contribution in [3.05, 3.63) is 24.3 Å². The highest BCUT2D eigenvalue weighted by atomic mass is 32.2. The van der Waals surface area contributed by atoms with E-state index < -0.39 is 29.9 Å². The van der Waals surface area contributed by atoms with Crippen molar-refractivity contribution in [3.8, 4) is 5.75 Å². The van der Waals surface area contributed by atoms with Crippen LogP contribution in [-0.2, 0) is 29.9 Å². The average molecular weight is 455 g/mol. The highest BCUT2D eigenvalue weighted by Crippen LogP contribution is 2.19. The second kappa shape index (κ2) is 9.08. The number of piperidine rings is 1. The van der Waals surface area contributed by atoms with Gasteiger partial charge >= 0.3 is 0 Å². The van der Waals surface area contributed by atoms with Crippen molar-refractivity contribution in [2.75, 3.05) is 37.5 Å². The molecule has 0 bridgehead atoms. The third kappa shape index (κ3) is 6.69. The van der Waals surface area contributed by atoms with Gasteiger partial charge in [0.2, 0.25) is 20.0 Å². The van der Waals surface area contributed by atoms with Crippen LogP contribution >= 0.6 is 0 Å². The van der Waals surface area contributed by atoms with Crippen LogP contribution in [0.1, 0.15) is 19.8 Å². The number of benzene rings is 1. The number of sulfonamides is 2. The second-order valence-corrected chi connectivity index (χ2v) is 12.8. The van der Waals surface area contributed by atoms with E-state index in [2.05, 4.69) is 4.72 Å². The zero-order chi connectivity index (χ0) is 21.0. The van der Waals surface area contributed by atoms with Gasteiger partial charge in [0.1, 0.15) is 12.4 Å². The zero-order valence-electron chi connectivity index (χ0n) is 15.9. The molecule has 0 atom stereocenters. The molecule has 1 aliphatic heterocycles. The average Bonchev–Trinajstić information content (AvgIpc) is 2.61. The first kappa shape index (κ1) is 23.1. The minimum Gasteiger partial charge on any atom is -0.493 e. The van der Waals surface area contributed by atoms with Crippen molar-refractivity contribution in [1.82, 2.24) is 9.03 Å². The van der Waals surface area contributed by atoms with E-state index in [1.165, 1.54) is 28.6 Å². The largest absolute Gasteiger partial charge is 0.493 e. The Bertz CT molecular complexity index is 964. The van der Waals surface area contributed by atoms with E-state index in [4.69, 9.17) is 4.74 Å². The summed E-state index contributed by atoms with van der Waals surface area (Å²) in [6, 6.07) is 5.38. The Kier molecular flexibility index (Phi) is 7.48. The Hall–Kier alpha value is -1.21. The summed E-state index contributed by atoms with van der Waals surface area (Å²) < 4.78 is 80.2. The van der Waals surface area contributed by atoms with Gasteiger partial charge in [-0.25, -0.2) is 34.3 Å². The van der Waals surface area contributed by atoms with Gasteiger partial charge in [-0.15, -0.1) is 0 Å². The van der Waals surface area contributed by atoms with Crippen LogP contribution in [0, 0.1) is 0 Å². The first-order valence-electron chi connectivity index (χ1n) is 8.84. The molecular weight excluding hydrogens is 428 g/mol. The van der Waals surface area contributed by atoms with Crippen LogP contribution in [0.2, 0.25) is 0 Å². The molecule has 1 fully saturated rings. The number of ether oxygens (including phenoxy) is 1. The molecule has 1 N–H and O–H groups in total. The van der Waals surface area contributed by atoms with E-state index in [-0.39, 0.29) is 42.1 Å². The van der Waals surface area contributed by atoms with Gasteiger partial charge in [-0.2, -0.15) is 0 Å². The van der Waals surface area contributed by atoms with Crippen LogP contribution in [-0.4, -0.2) is 73.1 Å². The molecule has 2 rings (SSSR count). The summed E-state index contributed by atoms with van der Waals surface area (Å²) in [5, 5.41) is 0. The Balaban J connectivity index is 1.92. The molecule has 0 aromatic heterocycles. The van der Waals surface area contributed by atoms with Gasteiger partial charge in [0, 0.05) is 24.9 Å². The van der Waals surface area contributed by atoms with Gasteiger partial charge in [0.25, 0.3) is 0 Å². The molecule has 0 aliphatic carbocycles. The molecule has 28 heavy (non-hydrogen) atoms. The Morgan fingerprint density at radius 2 is 1.61 bits per heavy atom. The predicted octanol–water partition coefficient (Wildman–Crippen LogP) is 0.202. The van der Waals surface area contributed by atoms with Crippen LogP contribution in [0.4, 0.5) is 0 Å². The van der Waals surface area contributed by atoms with Crippen molar-refractivity contribution < 1.29 is 30.0 Å². The summed E-state index contributed by atoms with van der Waals surface area (Å²) in [6.45, 7) is 2.12. The van der Waals surface area contributed by atoms with Crippen LogP contribution in [0.3, 0.4) is 0 Å². The molecule has 1 saturated heterocycles. The Morgan fingerprint density at radius 3 is 2.11 bits per heavy atom. The first-order chi connectivity index (χ1) is 12.9. The molecule has 0 saturated carbocycles. The van der Waals surface area contributed by atoms with Crippen molar-refractivity contribution in [1.29, 1.82) is 0 Å². The number of sulfone groups is 1. The van der Waals surface area contributed by atoms with Crippen LogP contribution in [0.15, 0.2) is 29.2 Å². The van der Waals surface area contributed by atoms with E-state index in [0.29, 0.717) is 18.6 Å². The Labute approximate surface area is 167 Å². The lowest BCUT2D eigenvalue weighted by molar-refractivity contribution is 0.310. The Morgan fingerprint density at radius 1 is 1.04 bits per heavy atom. The SMILES string of the molecule is CCS(=O)(=O)CCOc1ccc(S(=O)(=O)NC2CCN(S(C)(=O)=O)CC2)cc1. The minimum atomic E-state index is -3.75. The number of hydrogen-bond acceptors (Lipinski definition) is 7. The first-order valence-corrected chi connectivity index (χ1v) is 14.0. The topological polar surface area (TPSA) is 127 Å². The lowest BCUT2D eigenvalue weighted by Crippen LogP contribution is -2.46. The molecule has 0 radical (unpaired) electrons. The maximum Gasteiger partial charge on any atom is 0.240 e. The summed E-state index contributed by atoms with van der Waals surface area (Å²) in [6.07, 6.45) is 1.94. The van der Waals surface area contributed by atoms with E-state index in [1.807, 2.05) is 0 Å². The number of rotatable bonds is 9. The van der Waals surface area contributed by atoms with Gasteiger partial charge < -0.3 is 4.74 Å². The van der Waals surface area contributed by atoms with Crippen molar-refractivity contribution in [2.45, 2.75) is 30.7 Å². The maximum atomic E-state index is 12.5. The number of nitrogens with zero attached hydrogens (tertiary/aromatic N) is 1. The minimum absolute atomic E-state index is 0.000565. The lowest BCUT2D eigenvalue weighted by Gasteiger charge is -2.30. The molecular formula is C16H26N2O7S3. The summed E-state index contributed by atoms with van der Waals surface area (Å²) in [4.78, 5) is 0.0616. The second-order valence-electron chi connectivity index (χ2n) is 6.61. The molecule has 0 amide bonds. The fourth-order valence-corrected chi connectivity index (χ4v) is 5.54. The summed E-state index contributed by atoms with van der Waals surface area (Å²) in [5.41, 5.74) is 0. The van der Waals surface area contributed by atoms with E-state index in [1.54, 1.807) is 6.92 Å². The normalized spacial score (nSPS) is 17.5. The fraction of sp³-hybridized carbons (Fsp3) is 0.625. The summed E-state index contributed by atoms with van der Waals surface area (Å²) in [5.74, 6) is 0.325. The predicted molar refractivity (Wildman–Crippen MR) is 106 cm³/mol. The maximum absolute atomic E-state index is 12.5. The number of nitrogens with one attached hydrogen (secondary N) is 1. The van der Waals surface area contributed by atoms with Gasteiger partial charge in [0.15, 0.2) is 9.84 Å². The molecule has 1 aromatic carbocycles. The van der Waals surface area contributed by atoms with E-state index in [9.17, 15) is 25.3 Å². The van der Waals surface area contributed by atoms with Gasteiger partial charge in [-0.3, -0.25) is 0 Å². The molecule has 0 unspecified atom stereocenters. The molecule has 1 heterocycles. The highest BCUT2D eigenvalue weighted by molar-refractivity contribution is 7.91. The summed E-state index contributed by atoms with van der Waals surface area (Å²) >= 11 is 0. The quantitative estimate of drug-likeness (QED) is 0.565. The molecule has 9 nitrogen and oxygen atoms in total. The monoisotopic (exact) mass is 454 g/mol. The molecule has 12 heteroatoms.